The lowest BCUT2D eigenvalue weighted by atomic mass is 10.1. The molecule has 0 bridgehead atoms. The van der Waals surface area contributed by atoms with E-state index in [-0.39, 0.29) is 0 Å². The van der Waals surface area contributed by atoms with E-state index in [0.717, 1.165) is 33.2 Å². The minimum Gasteiger partial charge on any atom is -0.496 e. The summed E-state index contributed by atoms with van der Waals surface area (Å²) in [5.41, 5.74) is 9.40. The first-order chi connectivity index (χ1) is 9.51. The third-order valence-corrected chi connectivity index (χ3v) is 3.33. The number of hydrogen-bond donors (Lipinski definition) is 1. The molecule has 0 saturated heterocycles. The Bertz CT molecular complexity index is 603. The van der Waals surface area contributed by atoms with E-state index in [4.69, 9.17) is 26.8 Å². The van der Waals surface area contributed by atoms with E-state index in [2.05, 4.69) is 0 Å². The maximum absolute atomic E-state index is 6.02. The molecule has 0 saturated carbocycles. The molecular weight excluding hydrogens is 274 g/mol. The topological polar surface area (TPSA) is 44.5 Å². The van der Waals surface area contributed by atoms with E-state index < -0.39 is 0 Å². The van der Waals surface area contributed by atoms with Gasteiger partial charge in [-0.1, -0.05) is 11.6 Å². The Labute approximate surface area is 124 Å². The van der Waals surface area contributed by atoms with Gasteiger partial charge in [-0.25, -0.2) is 0 Å². The van der Waals surface area contributed by atoms with Gasteiger partial charge < -0.3 is 15.2 Å². The highest BCUT2D eigenvalue weighted by Crippen LogP contribution is 2.29. The predicted octanol–water partition coefficient (Wildman–Crippen LogP) is 4.13. The van der Waals surface area contributed by atoms with E-state index >= 15 is 0 Å². The zero-order valence-electron chi connectivity index (χ0n) is 11.9. The van der Waals surface area contributed by atoms with Crippen LogP contribution in [-0.2, 0) is 6.61 Å². The molecular formula is C16H18ClNO2. The molecule has 2 aromatic rings. The van der Waals surface area contributed by atoms with E-state index in [1.807, 2.05) is 38.1 Å². The van der Waals surface area contributed by atoms with Crippen LogP contribution in [0.25, 0.3) is 0 Å². The first kappa shape index (κ1) is 14.5. The maximum Gasteiger partial charge on any atom is 0.127 e. The average molecular weight is 292 g/mol. The average Bonchev–Trinajstić information content (AvgIpc) is 2.38. The van der Waals surface area contributed by atoms with Crippen LogP contribution in [0.4, 0.5) is 5.69 Å². The fraction of sp³-hybridized carbons (Fsp3) is 0.250. The summed E-state index contributed by atoms with van der Waals surface area (Å²) in [4.78, 5) is 0. The molecule has 106 valence electrons. The zero-order chi connectivity index (χ0) is 14.7. The van der Waals surface area contributed by atoms with E-state index in [1.54, 1.807) is 13.2 Å². The van der Waals surface area contributed by atoms with Crippen molar-refractivity contribution in [2.75, 3.05) is 12.8 Å². The molecule has 0 aliphatic carbocycles. The quantitative estimate of drug-likeness (QED) is 0.862. The number of halogens is 1. The summed E-state index contributed by atoms with van der Waals surface area (Å²) in [5.74, 6) is 1.59. The second-order valence-corrected chi connectivity index (χ2v) is 5.17. The van der Waals surface area contributed by atoms with Crippen LogP contribution < -0.4 is 15.2 Å². The Hall–Kier alpha value is -1.87. The van der Waals surface area contributed by atoms with E-state index in [9.17, 15) is 0 Å². The van der Waals surface area contributed by atoms with Gasteiger partial charge in [0.15, 0.2) is 0 Å². The highest BCUT2D eigenvalue weighted by atomic mass is 35.5. The van der Waals surface area contributed by atoms with Gasteiger partial charge in [0, 0.05) is 22.3 Å². The van der Waals surface area contributed by atoms with Crippen molar-refractivity contribution in [2.24, 2.45) is 0 Å². The highest BCUT2D eigenvalue weighted by molar-refractivity contribution is 6.30. The third-order valence-electron chi connectivity index (χ3n) is 3.11. The summed E-state index contributed by atoms with van der Waals surface area (Å²) in [6.07, 6.45) is 0. The molecule has 0 unspecified atom stereocenters. The Morgan fingerprint density at radius 3 is 2.35 bits per heavy atom. The Kier molecular flexibility index (Phi) is 4.40. The van der Waals surface area contributed by atoms with Crippen molar-refractivity contribution in [1.82, 2.24) is 0 Å². The lowest BCUT2D eigenvalue weighted by Crippen LogP contribution is -2.02. The van der Waals surface area contributed by atoms with Crippen LogP contribution in [0.2, 0.25) is 5.02 Å². The summed E-state index contributed by atoms with van der Waals surface area (Å²) < 4.78 is 11.2. The molecule has 4 heteroatoms. The van der Waals surface area contributed by atoms with Crippen molar-refractivity contribution in [3.05, 3.63) is 52.0 Å². The molecule has 0 aliphatic heterocycles. The van der Waals surface area contributed by atoms with Gasteiger partial charge in [0.05, 0.1) is 7.11 Å². The summed E-state index contributed by atoms with van der Waals surface area (Å²) in [6.45, 7) is 4.38. The van der Waals surface area contributed by atoms with Crippen LogP contribution in [0.5, 0.6) is 11.5 Å². The molecule has 3 nitrogen and oxygen atoms in total. The van der Waals surface area contributed by atoms with Crippen molar-refractivity contribution in [1.29, 1.82) is 0 Å². The molecule has 0 atom stereocenters. The second-order valence-electron chi connectivity index (χ2n) is 4.73. The van der Waals surface area contributed by atoms with Crippen LogP contribution in [0.15, 0.2) is 30.3 Å². The van der Waals surface area contributed by atoms with Crippen LogP contribution in [0, 0.1) is 13.8 Å². The second kappa shape index (κ2) is 6.06. The number of methoxy groups -OCH3 is 1. The van der Waals surface area contributed by atoms with Crippen molar-refractivity contribution in [3.63, 3.8) is 0 Å². The molecule has 0 fully saturated rings. The fourth-order valence-corrected chi connectivity index (χ4v) is 2.48. The molecule has 0 radical (unpaired) electrons. The van der Waals surface area contributed by atoms with Crippen molar-refractivity contribution < 1.29 is 9.47 Å². The lowest BCUT2D eigenvalue weighted by molar-refractivity contribution is 0.293. The van der Waals surface area contributed by atoms with Crippen LogP contribution in [0.1, 0.15) is 16.7 Å². The highest BCUT2D eigenvalue weighted by Gasteiger charge is 2.09. The third kappa shape index (κ3) is 3.17. The van der Waals surface area contributed by atoms with Gasteiger partial charge in [-0.05, 0) is 49.2 Å². The van der Waals surface area contributed by atoms with Crippen LogP contribution >= 0.6 is 11.6 Å². The van der Waals surface area contributed by atoms with Gasteiger partial charge in [-0.3, -0.25) is 0 Å². The number of benzene rings is 2. The SMILES string of the molecule is COc1cc(N)ccc1COc1c(C)cc(Cl)cc1C. The van der Waals surface area contributed by atoms with Gasteiger partial charge in [-0.15, -0.1) is 0 Å². The number of anilines is 1. The van der Waals surface area contributed by atoms with Gasteiger partial charge >= 0.3 is 0 Å². The summed E-state index contributed by atoms with van der Waals surface area (Å²) in [6, 6.07) is 9.33. The Morgan fingerprint density at radius 2 is 1.75 bits per heavy atom. The van der Waals surface area contributed by atoms with E-state index in [0.29, 0.717) is 12.3 Å². The molecule has 0 amide bonds. The zero-order valence-corrected chi connectivity index (χ0v) is 12.6. The largest absolute Gasteiger partial charge is 0.496 e. The van der Waals surface area contributed by atoms with Gasteiger partial charge in [0.2, 0.25) is 0 Å². The molecule has 0 aromatic heterocycles. The number of rotatable bonds is 4. The Balaban J connectivity index is 2.21. The number of aryl methyl sites for hydroxylation is 2. The van der Waals surface area contributed by atoms with Crippen molar-refractivity contribution >= 4 is 17.3 Å². The smallest absolute Gasteiger partial charge is 0.127 e. The molecule has 2 rings (SSSR count). The minimum atomic E-state index is 0.423. The number of hydrogen-bond acceptors (Lipinski definition) is 3. The normalized spacial score (nSPS) is 10.4. The van der Waals surface area contributed by atoms with E-state index in [1.165, 1.54) is 0 Å². The molecule has 0 spiro atoms. The summed E-state index contributed by atoms with van der Waals surface area (Å²) in [5, 5.41) is 0.720. The first-order valence-corrected chi connectivity index (χ1v) is 6.71. The standard InChI is InChI=1S/C16H18ClNO2/c1-10-6-13(17)7-11(2)16(10)20-9-12-4-5-14(18)8-15(12)19-3/h4-8H,9,18H2,1-3H3. The van der Waals surface area contributed by atoms with Gasteiger partial charge in [0.25, 0.3) is 0 Å². The predicted molar refractivity (Wildman–Crippen MR) is 82.7 cm³/mol. The summed E-state index contributed by atoms with van der Waals surface area (Å²) in [7, 11) is 1.62. The van der Waals surface area contributed by atoms with Crippen molar-refractivity contribution in [3.8, 4) is 11.5 Å². The van der Waals surface area contributed by atoms with Crippen molar-refractivity contribution in [2.45, 2.75) is 20.5 Å². The minimum absolute atomic E-state index is 0.423. The Morgan fingerprint density at radius 1 is 1.10 bits per heavy atom. The first-order valence-electron chi connectivity index (χ1n) is 6.33. The molecule has 0 heterocycles. The molecule has 2 aromatic carbocycles. The number of ether oxygens (including phenoxy) is 2. The van der Waals surface area contributed by atoms with Gasteiger partial charge in [-0.2, -0.15) is 0 Å². The molecule has 20 heavy (non-hydrogen) atoms. The number of nitrogen functional groups attached to an aromatic ring is 1. The summed E-state index contributed by atoms with van der Waals surface area (Å²) >= 11 is 6.02. The number of nitrogens with two attached hydrogens (primary N) is 1. The lowest BCUT2D eigenvalue weighted by Gasteiger charge is -2.14. The molecule has 0 aliphatic rings. The monoisotopic (exact) mass is 291 g/mol. The maximum atomic E-state index is 6.02. The van der Waals surface area contributed by atoms with Crippen LogP contribution in [-0.4, -0.2) is 7.11 Å². The van der Waals surface area contributed by atoms with Crippen LogP contribution in [0.3, 0.4) is 0 Å². The van der Waals surface area contributed by atoms with Gasteiger partial charge in [0.1, 0.15) is 18.1 Å². The molecule has 2 N–H and O–H groups in total. The fourth-order valence-electron chi connectivity index (χ4n) is 2.16.